The Kier molecular flexibility index (Phi) is 4.71. The predicted octanol–water partition coefficient (Wildman–Crippen LogP) is 0.291. The first kappa shape index (κ1) is 14.5. The van der Waals surface area contributed by atoms with E-state index >= 15 is 0 Å². The van der Waals surface area contributed by atoms with Gasteiger partial charge in [-0.2, -0.15) is 8.42 Å². The lowest BCUT2D eigenvalue weighted by atomic mass is 10.2. The zero-order chi connectivity index (χ0) is 13.8. The van der Waals surface area contributed by atoms with Gasteiger partial charge in [-0.05, 0) is 12.8 Å². The van der Waals surface area contributed by atoms with Crippen LogP contribution in [0.5, 0.6) is 0 Å². The number of carboxylic acids is 1. The summed E-state index contributed by atoms with van der Waals surface area (Å²) in [6, 6.07) is 0. The highest BCUT2D eigenvalue weighted by atomic mass is 32.2. The number of aliphatic carboxylic acids is 1. The molecule has 1 heterocycles. The second kappa shape index (κ2) is 5.85. The second-order valence-electron chi connectivity index (χ2n) is 3.79. The van der Waals surface area contributed by atoms with E-state index in [1.165, 1.54) is 7.11 Å². The van der Waals surface area contributed by atoms with E-state index in [0.29, 0.717) is 19.3 Å². The molecule has 1 aliphatic heterocycles. The lowest BCUT2D eigenvalue weighted by Gasteiger charge is -2.15. The van der Waals surface area contributed by atoms with Gasteiger partial charge in [0.1, 0.15) is 0 Å². The van der Waals surface area contributed by atoms with Crippen LogP contribution in [0.2, 0.25) is 0 Å². The normalized spacial score (nSPS) is 17.7. The Bertz CT molecular complexity index is 467. The van der Waals surface area contributed by atoms with Gasteiger partial charge in [0.2, 0.25) is 5.09 Å². The predicted molar refractivity (Wildman–Crippen MR) is 61.8 cm³/mol. The van der Waals surface area contributed by atoms with Crippen molar-refractivity contribution < 1.29 is 27.9 Å². The minimum Gasteiger partial charge on any atom is -0.485 e. The average molecular weight is 277 g/mol. The molecule has 0 aliphatic carbocycles. The van der Waals surface area contributed by atoms with Crippen LogP contribution in [0.25, 0.3) is 0 Å². The molecule has 0 radical (unpaired) electrons. The van der Waals surface area contributed by atoms with Crippen LogP contribution in [-0.2, 0) is 24.3 Å². The van der Waals surface area contributed by atoms with Crippen LogP contribution >= 0.6 is 0 Å². The van der Waals surface area contributed by atoms with Crippen LogP contribution in [0.15, 0.2) is 11.2 Å². The highest BCUT2D eigenvalue weighted by Gasteiger charge is 2.37. The van der Waals surface area contributed by atoms with Crippen molar-refractivity contribution in [1.82, 2.24) is 4.31 Å². The Balaban J connectivity index is 2.45. The monoisotopic (exact) mass is 277 g/mol. The van der Waals surface area contributed by atoms with E-state index in [-0.39, 0.29) is 18.1 Å². The number of carboxylic acid groups (broad SMARTS) is 1. The van der Waals surface area contributed by atoms with Crippen LogP contribution in [0.3, 0.4) is 0 Å². The molecular formula is C10H15NO6S. The maximum atomic E-state index is 11.7. The summed E-state index contributed by atoms with van der Waals surface area (Å²) < 4.78 is 28.8. The molecule has 0 aromatic carbocycles. The van der Waals surface area contributed by atoms with Crippen molar-refractivity contribution >= 4 is 21.9 Å². The van der Waals surface area contributed by atoms with Gasteiger partial charge in [0.15, 0.2) is 0 Å². The number of carbonyl (C=O) groups is 2. The lowest BCUT2D eigenvalue weighted by molar-refractivity contribution is -0.137. The van der Waals surface area contributed by atoms with E-state index in [9.17, 15) is 18.0 Å². The number of amides is 1. The summed E-state index contributed by atoms with van der Waals surface area (Å²) in [4.78, 5) is 21.7. The molecule has 1 aliphatic rings. The first-order valence-corrected chi connectivity index (χ1v) is 6.88. The van der Waals surface area contributed by atoms with Crippen molar-refractivity contribution in [1.29, 1.82) is 0 Å². The van der Waals surface area contributed by atoms with Crippen LogP contribution in [0.1, 0.15) is 25.7 Å². The maximum absolute atomic E-state index is 11.7. The molecule has 0 fully saturated rings. The third kappa shape index (κ3) is 3.22. The quantitative estimate of drug-likeness (QED) is 0.671. The van der Waals surface area contributed by atoms with Gasteiger partial charge >= 0.3 is 5.97 Å². The van der Waals surface area contributed by atoms with Crippen molar-refractivity contribution in [2.45, 2.75) is 25.7 Å². The van der Waals surface area contributed by atoms with E-state index in [1.54, 1.807) is 0 Å². The summed E-state index contributed by atoms with van der Waals surface area (Å²) in [7, 11) is -2.64. The Morgan fingerprint density at radius 3 is 2.56 bits per heavy atom. The molecular weight excluding hydrogens is 262 g/mol. The SMILES string of the molecule is COC1=CC(=O)N(CCCCCC(=O)O)S1(=O)=O. The highest BCUT2D eigenvalue weighted by Crippen LogP contribution is 2.22. The van der Waals surface area contributed by atoms with Crippen LogP contribution < -0.4 is 0 Å². The van der Waals surface area contributed by atoms with Crippen LogP contribution in [-0.4, -0.2) is 43.4 Å². The Labute approximate surface area is 105 Å². The summed E-state index contributed by atoms with van der Waals surface area (Å²) in [5.74, 6) is -1.51. The van der Waals surface area contributed by atoms with E-state index in [2.05, 4.69) is 4.74 Å². The fraction of sp³-hybridized carbons (Fsp3) is 0.600. The zero-order valence-corrected chi connectivity index (χ0v) is 10.8. The van der Waals surface area contributed by atoms with Gasteiger partial charge in [-0.3, -0.25) is 9.59 Å². The molecule has 1 rings (SSSR count). The third-order valence-electron chi connectivity index (χ3n) is 2.48. The van der Waals surface area contributed by atoms with Crippen molar-refractivity contribution in [2.75, 3.05) is 13.7 Å². The van der Waals surface area contributed by atoms with Gasteiger partial charge in [0.05, 0.1) is 13.2 Å². The van der Waals surface area contributed by atoms with Crippen molar-refractivity contribution in [3.05, 3.63) is 11.2 Å². The highest BCUT2D eigenvalue weighted by molar-refractivity contribution is 7.93. The van der Waals surface area contributed by atoms with Gasteiger partial charge in [-0.25, -0.2) is 4.31 Å². The Morgan fingerprint density at radius 2 is 2.06 bits per heavy atom. The minimum absolute atomic E-state index is 0.0439. The molecule has 0 unspecified atom stereocenters. The van der Waals surface area contributed by atoms with Crippen molar-refractivity contribution in [3.63, 3.8) is 0 Å². The van der Waals surface area contributed by atoms with E-state index in [0.717, 1.165) is 10.4 Å². The van der Waals surface area contributed by atoms with E-state index in [4.69, 9.17) is 5.11 Å². The summed E-state index contributed by atoms with van der Waals surface area (Å²) >= 11 is 0. The maximum Gasteiger partial charge on any atom is 0.303 e. The molecule has 0 saturated carbocycles. The van der Waals surface area contributed by atoms with E-state index < -0.39 is 21.9 Å². The fourth-order valence-corrected chi connectivity index (χ4v) is 2.91. The summed E-state index contributed by atoms with van der Waals surface area (Å²) in [5.41, 5.74) is 0. The molecule has 0 aromatic rings. The van der Waals surface area contributed by atoms with Crippen molar-refractivity contribution in [3.8, 4) is 0 Å². The zero-order valence-electron chi connectivity index (χ0n) is 9.96. The number of carbonyl (C=O) groups excluding carboxylic acids is 1. The number of methoxy groups -OCH3 is 1. The van der Waals surface area contributed by atoms with Crippen LogP contribution in [0, 0.1) is 0 Å². The number of rotatable bonds is 7. The topological polar surface area (TPSA) is 101 Å². The smallest absolute Gasteiger partial charge is 0.303 e. The number of hydrogen-bond donors (Lipinski definition) is 1. The molecule has 0 atom stereocenters. The second-order valence-corrected chi connectivity index (χ2v) is 5.58. The summed E-state index contributed by atoms with van der Waals surface area (Å²) in [6.45, 7) is 0.0458. The Hall–Kier alpha value is -1.57. The first-order chi connectivity index (χ1) is 8.39. The third-order valence-corrected chi connectivity index (χ3v) is 4.22. The Morgan fingerprint density at radius 1 is 1.39 bits per heavy atom. The minimum atomic E-state index is -3.82. The number of hydrogen-bond acceptors (Lipinski definition) is 5. The molecule has 1 N–H and O–H groups in total. The van der Waals surface area contributed by atoms with Crippen molar-refractivity contribution in [2.24, 2.45) is 0 Å². The lowest BCUT2D eigenvalue weighted by Crippen LogP contribution is -2.32. The molecule has 8 heteroatoms. The molecule has 102 valence electrons. The fourth-order valence-electron chi connectivity index (χ4n) is 1.58. The molecule has 0 aromatic heterocycles. The summed E-state index contributed by atoms with van der Waals surface area (Å²) in [6.07, 6.45) is 2.42. The molecule has 7 nitrogen and oxygen atoms in total. The number of nitrogens with zero attached hydrogens (tertiary/aromatic N) is 1. The standard InChI is InChI=1S/C10H15NO6S/c1-17-10-7-8(12)11(18(10,15)16)6-4-2-3-5-9(13)14/h7H,2-6H2,1H3,(H,13,14). The van der Waals surface area contributed by atoms with Gasteiger partial charge < -0.3 is 9.84 Å². The number of unbranched alkanes of at least 4 members (excludes halogenated alkanes) is 2. The number of ether oxygens (including phenoxy) is 1. The molecule has 0 spiro atoms. The molecule has 1 amide bonds. The summed E-state index contributed by atoms with van der Waals surface area (Å²) in [5, 5.41) is 8.08. The van der Waals surface area contributed by atoms with Crippen LogP contribution in [0.4, 0.5) is 0 Å². The van der Waals surface area contributed by atoms with Gasteiger partial charge in [-0.15, -0.1) is 0 Å². The molecule has 0 bridgehead atoms. The molecule has 18 heavy (non-hydrogen) atoms. The largest absolute Gasteiger partial charge is 0.485 e. The molecule has 0 saturated heterocycles. The van der Waals surface area contributed by atoms with Gasteiger partial charge in [-0.1, -0.05) is 6.42 Å². The number of sulfonamides is 1. The first-order valence-electron chi connectivity index (χ1n) is 5.43. The van der Waals surface area contributed by atoms with Gasteiger partial charge in [0.25, 0.3) is 15.9 Å². The van der Waals surface area contributed by atoms with E-state index in [1.807, 2.05) is 0 Å². The van der Waals surface area contributed by atoms with Gasteiger partial charge in [0, 0.05) is 13.0 Å². The average Bonchev–Trinajstić information content (AvgIpc) is 2.49.